The quantitative estimate of drug-likeness (QED) is 0.101. The predicted molar refractivity (Wildman–Crippen MR) is 133 cm³/mol. The van der Waals surface area contributed by atoms with E-state index in [4.69, 9.17) is 11.6 Å². The molecule has 1 aromatic carbocycles. The van der Waals surface area contributed by atoms with Crippen molar-refractivity contribution in [2.75, 3.05) is 23.1 Å². The molecule has 1 heterocycles. The van der Waals surface area contributed by atoms with Crippen LogP contribution in [0, 0.1) is 0 Å². The van der Waals surface area contributed by atoms with Crippen molar-refractivity contribution in [3.63, 3.8) is 0 Å². The van der Waals surface area contributed by atoms with Crippen molar-refractivity contribution in [3.05, 3.63) is 42.0 Å². The van der Waals surface area contributed by atoms with Crippen molar-refractivity contribution < 1.29 is 79.4 Å². The minimum Gasteiger partial charge on any atom is -0.311 e. The zero-order valence-corrected chi connectivity index (χ0v) is 24.3. The van der Waals surface area contributed by atoms with Crippen molar-refractivity contribution >= 4 is 35.0 Å². The zero-order chi connectivity index (χ0) is 36.0. The summed E-state index contributed by atoms with van der Waals surface area (Å²) >= 11 is 5.66. The average molecular weight is 742 g/mol. The Hall–Kier alpha value is -2.12. The minimum atomic E-state index is -8.68. The fourth-order valence-electron chi connectivity index (χ4n) is 4.35. The van der Waals surface area contributed by atoms with E-state index in [2.05, 4.69) is 0 Å². The first kappa shape index (κ1) is 40.1. The molecule has 0 N–H and O–H groups in total. The molecule has 2 nitrogen and oxygen atoms in total. The molecule has 1 aromatic rings. The molecule has 0 aromatic heterocycles. The number of anilines is 1. The fraction of sp³-hybridized carbons (Fsp3) is 0.640. The molecule has 1 amide bonds. The molecule has 2 rings (SSSR count). The number of allylic oxidation sites excluding steroid dienone is 2. The minimum absolute atomic E-state index is 0.0408. The second kappa shape index (κ2) is 12.7. The van der Waals surface area contributed by atoms with Crippen molar-refractivity contribution in [1.29, 1.82) is 0 Å². The summed E-state index contributed by atoms with van der Waals surface area (Å²) in [6.07, 6.45) is -7.94. The summed E-state index contributed by atoms with van der Waals surface area (Å²) in [6, 6.07) is 5.59. The summed E-state index contributed by atoms with van der Waals surface area (Å²) in [5, 5.41) is 0. The van der Waals surface area contributed by atoms with Crippen LogP contribution < -0.4 is 4.90 Å². The van der Waals surface area contributed by atoms with E-state index in [-0.39, 0.29) is 41.9 Å². The Kier molecular flexibility index (Phi) is 11.1. The van der Waals surface area contributed by atoms with Crippen LogP contribution in [0.2, 0.25) is 0 Å². The molecule has 21 heteroatoms. The van der Waals surface area contributed by atoms with Crippen LogP contribution in [0.15, 0.2) is 36.4 Å². The van der Waals surface area contributed by atoms with E-state index in [1.165, 1.54) is 41.3 Å². The molecule has 0 spiro atoms. The number of fused-ring (bicyclic) bond motifs is 1. The summed E-state index contributed by atoms with van der Waals surface area (Å²) in [5.74, 6) is -59.2. The number of benzene rings is 1. The van der Waals surface area contributed by atoms with Crippen LogP contribution in [0.1, 0.15) is 31.7 Å². The number of para-hydroxylation sites is 1. The molecular weight excluding hydrogens is 721 g/mol. The molecule has 0 saturated carbocycles. The van der Waals surface area contributed by atoms with Gasteiger partial charge in [-0.1, -0.05) is 37.3 Å². The largest absolute Gasteiger partial charge is 0.460 e. The Morgan fingerprint density at radius 1 is 0.739 bits per heavy atom. The van der Waals surface area contributed by atoms with E-state index in [1.807, 2.05) is 0 Å². The summed E-state index contributed by atoms with van der Waals surface area (Å²) in [5.41, 5.74) is 0.334. The van der Waals surface area contributed by atoms with E-state index < -0.39 is 70.5 Å². The Morgan fingerprint density at radius 3 is 1.70 bits per heavy atom. The number of carbonyl (C=O) groups is 1. The third-order valence-corrected chi connectivity index (χ3v) is 8.52. The van der Waals surface area contributed by atoms with Gasteiger partial charge < -0.3 is 4.90 Å². The Bertz CT molecular complexity index is 1280. The van der Waals surface area contributed by atoms with Crippen LogP contribution in [0.5, 0.6) is 0 Å². The van der Waals surface area contributed by atoms with Gasteiger partial charge in [-0.15, -0.1) is 23.4 Å². The smallest absolute Gasteiger partial charge is 0.311 e. The number of rotatable bonds is 15. The lowest BCUT2D eigenvalue weighted by Gasteiger charge is -2.42. The summed E-state index contributed by atoms with van der Waals surface area (Å²) in [4.78, 5) is 14.6. The molecule has 0 radical (unpaired) electrons. The molecule has 46 heavy (non-hydrogen) atoms. The highest BCUT2D eigenvalue weighted by atomic mass is 35.5. The molecule has 1 aliphatic rings. The highest BCUT2D eigenvalue weighted by molar-refractivity contribution is 8.01. The topological polar surface area (TPSA) is 20.3 Å². The highest BCUT2D eigenvalue weighted by Gasteiger charge is 2.95. The Labute approximate surface area is 258 Å². The first-order valence-electron chi connectivity index (χ1n) is 12.6. The highest BCUT2D eigenvalue weighted by Crippen LogP contribution is 2.64. The van der Waals surface area contributed by atoms with Gasteiger partial charge >= 0.3 is 47.6 Å². The monoisotopic (exact) mass is 741 g/mol. The van der Waals surface area contributed by atoms with Crippen molar-refractivity contribution in [1.82, 2.24) is 0 Å². The van der Waals surface area contributed by atoms with Crippen molar-refractivity contribution in [2.45, 2.75) is 78.6 Å². The van der Waals surface area contributed by atoms with E-state index in [1.54, 1.807) is 6.92 Å². The van der Waals surface area contributed by atoms with Crippen molar-refractivity contribution in [3.8, 4) is 0 Å². The number of thioether (sulfide) groups is 1. The fourth-order valence-corrected chi connectivity index (χ4v) is 5.96. The van der Waals surface area contributed by atoms with Gasteiger partial charge in [0.1, 0.15) is 4.75 Å². The Morgan fingerprint density at radius 2 is 1.22 bits per heavy atom. The van der Waals surface area contributed by atoms with Gasteiger partial charge in [-0.05, 0) is 18.9 Å². The van der Waals surface area contributed by atoms with Gasteiger partial charge in [0.25, 0.3) is 0 Å². The van der Waals surface area contributed by atoms with Gasteiger partial charge in [-0.25, -0.2) is 0 Å². The van der Waals surface area contributed by atoms with E-state index >= 15 is 0 Å². The molecule has 1 unspecified atom stereocenters. The molecule has 264 valence electrons. The summed E-state index contributed by atoms with van der Waals surface area (Å²) in [6.45, 7) is 1.68. The number of amides is 1. The lowest BCUT2D eigenvalue weighted by atomic mass is 9.88. The van der Waals surface area contributed by atoms with Gasteiger partial charge in [0.15, 0.2) is 0 Å². The van der Waals surface area contributed by atoms with E-state index in [0.29, 0.717) is 6.42 Å². The first-order valence-corrected chi connectivity index (χ1v) is 14.1. The molecule has 1 atom stereocenters. The normalized spacial score (nSPS) is 19.4. The van der Waals surface area contributed by atoms with Gasteiger partial charge in [0, 0.05) is 35.8 Å². The zero-order valence-electron chi connectivity index (χ0n) is 22.8. The van der Waals surface area contributed by atoms with Gasteiger partial charge in [-0.3, -0.25) is 4.79 Å². The summed E-state index contributed by atoms with van der Waals surface area (Å²) < 4.78 is 229. The third kappa shape index (κ3) is 5.90. The number of nitrogens with zero attached hydrogens (tertiary/aromatic N) is 1. The van der Waals surface area contributed by atoms with Crippen LogP contribution >= 0.6 is 23.4 Å². The van der Waals surface area contributed by atoms with Crippen LogP contribution in [0.3, 0.4) is 0 Å². The second-order valence-corrected chi connectivity index (χ2v) is 11.6. The maximum absolute atomic E-state index is 14.6. The molecule has 0 saturated heterocycles. The van der Waals surface area contributed by atoms with Crippen molar-refractivity contribution in [2.24, 2.45) is 0 Å². The number of hydrogen-bond acceptors (Lipinski definition) is 2. The van der Waals surface area contributed by atoms with Crippen LogP contribution in [0.4, 0.5) is 80.3 Å². The number of hydrogen-bond donors (Lipinski definition) is 0. The average Bonchev–Trinajstić information content (AvgIpc) is 3.15. The van der Waals surface area contributed by atoms with Crippen LogP contribution in [-0.4, -0.2) is 71.7 Å². The van der Waals surface area contributed by atoms with Gasteiger partial charge in [0.05, 0.1) is 0 Å². The molecule has 0 fully saturated rings. The summed E-state index contributed by atoms with van der Waals surface area (Å²) in [7, 11) is 0. The maximum Gasteiger partial charge on any atom is 0.460 e. The standard InChI is InChI=1S/C25H21ClF17NOS/c1-2-12-44-15-8-4-3-7-14(15)17(16(44)45,9-5-6-11-26)46-13-10-18(27,28)19(29,30)20(31,32)21(33,34)22(35,36)23(37,38)24(39,40)25(41,42)43/h3-8H,2,9-13H2,1H3/b6-5-. The number of alkyl halides is 18. The van der Waals surface area contributed by atoms with Crippen LogP contribution in [-0.2, 0) is 9.54 Å². The maximum atomic E-state index is 14.6. The molecule has 0 bridgehead atoms. The first-order chi connectivity index (χ1) is 20.6. The van der Waals surface area contributed by atoms with Crippen LogP contribution in [0.25, 0.3) is 0 Å². The van der Waals surface area contributed by atoms with E-state index in [0.717, 1.165) is 0 Å². The lowest BCUT2D eigenvalue weighted by Crippen LogP contribution is -2.74. The van der Waals surface area contributed by atoms with Gasteiger partial charge in [0.2, 0.25) is 5.91 Å². The SMILES string of the molecule is CCCN1C(=O)C(C/C=C\CCl)(SCCC(F)(F)C(F)(F)C(F)(F)C(F)(F)C(F)(F)C(F)(F)C(F)(F)C(F)(F)F)c2ccccc21. The Balaban J connectivity index is 2.50. The number of carbonyl (C=O) groups excluding carboxylic acids is 1. The lowest BCUT2D eigenvalue weighted by molar-refractivity contribution is -0.461. The van der Waals surface area contributed by atoms with Gasteiger partial charge in [-0.2, -0.15) is 74.6 Å². The number of halogens is 18. The van der Waals surface area contributed by atoms with E-state index in [9.17, 15) is 79.4 Å². The molecular formula is C25H21ClF17NOS. The predicted octanol–water partition coefficient (Wildman–Crippen LogP) is 9.96. The molecule has 0 aliphatic carbocycles. The molecule has 1 aliphatic heterocycles. The third-order valence-electron chi connectivity index (χ3n) is 6.88. The second-order valence-electron chi connectivity index (χ2n) is 9.88.